The standard InChI is InChI=1S/C17H22F3NO/c18-17(19,20)16(22)14-8-4-5-9-15(16)12-21(11-14)10-13-6-2-1-3-7-13/h1-3,6-7,14-15,22H,4-5,8-12H2/t14-,15+,16?. The lowest BCUT2D eigenvalue weighted by Crippen LogP contribution is -2.64. The molecular formula is C17H22F3NO. The van der Waals surface area contributed by atoms with E-state index < -0.39 is 23.6 Å². The molecule has 1 aromatic rings. The first-order valence-electron chi connectivity index (χ1n) is 7.96. The Bertz CT molecular complexity index is 486. The number of fused-ring (bicyclic) bond motifs is 2. The third-order valence-electron chi connectivity index (χ3n) is 5.26. The van der Waals surface area contributed by atoms with E-state index in [2.05, 4.69) is 4.90 Å². The van der Waals surface area contributed by atoms with Gasteiger partial charge < -0.3 is 5.11 Å². The maximum Gasteiger partial charge on any atom is 0.417 e. The van der Waals surface area contributed by atoms with Crippen molar-refractivity contribution in [1.82, 2.24) is 4.90 Å². The van der Waals surface area contributed by atoms with Crippen LogP contribution in [-0.2, 0) is 6.54 Å². The summed E-state index contributed by atoms with van der Waals surface area (Å²) in [5.74, 6) is -1.42. The number of rotatable bonds is 2. The number of aliphatic hydroxyl groups is 1. The Labute approximate surface area is 128 Å². The molecule has 1 unspecified atom stereocenters. The largest absolute Gasteiger partial charge is 0.417 e. The number of halogens is 3. The highest BCUT2D eigenvalue weighted by atomic mass is 19.4. The first kappa shape index (κ1) is 15.8. The van der Waals surface area contributed by atoms with Gasteiger partial charge in [0, 0.05) is 31.5 Å². The van der Waals surface area contributed by atoms with Gasteiger partial charge in [-0.1, -0.05) is 43.2 Å². The summed E-state index contributed by atoms with van der Waals surface area (Å²) in [5.41, 5.74) is -1.40. The first-order chi connectivity index (χ1) is 10.4. The number of alkyl halides is 3. The fourth-order valence-electron chi connectivity index (χ4n) is 4.15. The van der Waals surface area contributed by atoms with E-state index in [1.54, 1.807) is 0 Å². The van der Waals surface area contributed by atoms with Crippen LogP contribution in [-0.4, -0.2) is 34.9 Å². The van der Waals surface area contributed by atoms with Crippen LogP contribution >= 0.6 is 0 Å². The van der Waals surface area contributed by atoms with Gasteiger partial charge >= 0.3 is 6.18 Å². The number of likely N-dealkylation sites (tertiary alicyclic amines) is 1. The Hall–Kier alpha value is -1.07. The molecule has 1 N–H and O–H groups in total. The van der Waals surface area contributed by atoms with Gasteiger partial charge in [-0.05, 0) is 18.4 Å². The maximum atomic E-state index is 13.5. The van der Waals surface area contributed by atoms with Crippen LogP contribution in [0.3, 0.4) is 0 Å². The predicted molar refractivity (Wildman–Crippen MR) is 78.2 cm³/mol. The summed E-state index contributed by atoms with van der Waals surface area (Å²) in [6, 6.07) is 9.81. The highest BCUT2D eigenvalue weighted by Crippen LogP contribution is 2.50. The Balaban J connectivity index is 1.81. The van der Waals surface area contributed by atoms with Crippen LogP contribution in [0.2, 0.25) is 0 Å². The molecule has 122 valence electrons. The summed E-state index contributed by atoms with van der Waals surface area (Å²) in [6.45, 7) is 1.30. The zero-order valence-corrected chi connectivity index (χ0v) is 12.5. The van der Waals surface area contributed by atoms with Crippen LogP contribution in [0.15, 0.2) is 30.3 Å². The molecule has 5 heteroatoms. The minimum absolute atomic E-state index is 0.321. The van der Waals surface area contributed by atoms with Gasteiger partial charge in [0.05, 0.1) is 0 Å². The normalized spacial score (nSPS) is 33.5. The molecule has 0 spiro atoms. The van der Waals surface area contributed by atoms with E-state index in [-0.39, 0.29) is 0 Å². The fourth-order valence-corrected chi connectivity index (χ4v) is 4.15. The van der Waals surface area contributed by atoms with Crippen LogP contribution in [0.4, 0.5) is 13.2 Å². The van der Waals surface area contributed by atoms with Crippen molar-refractivity contribution < 1.29 is 18.3 Å². The minimum Gasteiger partial charge on any atom is -0.380 e. The smallest absolute Gasteiger partial charge is 0.380 e. The second-order valence-electron chi connectivity index (χ2n) is 6.68. The molecule has 0 aromatic heterocycles. The third kappa shape index (κ3) is 2.76. The van der Waals surface area contributed by atoms with Crippen molar-refractivity contribution >= 4 is 0 Å². The van der Waals surface area contributed by atoms with Gasteiger partial charge in [0.25, 0.3) is 0 Å². The van der Waals surface area contributed by atoms with Crippen molar-refractivity contribution in [1.29, 1.82) is 0 Å². The van der Waals surface area contributed by atoms with Crippen molar-refractivity contribution in [3.8, 4) is 0 Å². The summed E-state index contributed by atoms with van der Waals surface area (Å²) in [5, 5.41) is 10.5. The number of nitrogens with zero attached hydrogens (tertiary/aromatic N) is 1. The van der Waals surface area contributed by atoms with Gasteiger partial charge in [0.15, 0.2) is 5.60 Å². The third-order valence-corrected chi connectivity index (χ3v) is 5.26. The van der Waals surface area contributed by atoms with E-state index >= 15 is 0 Å². The molecule has 2 fully saturated rings. The molecule has 1 aromatic carbocycles. The Morgan fingerprint density at radius 1 is 1.05 bits per heavy atom. The van der Waals surface area contributed by atoms with E-state index in [4.69, 9.17) is 0 Å². The molecule has 0 radical (unpaired) electrons. The zero-order chi connectivity index (χ0) is 15.8. The molecule has 3 atom stereocenters. The van der Waals surface area contributed by atoms with Crippen molar-refractivity contribution in [2.24, 2.45) is 11.8 Å². The molecule has 2 bridgehead atoms. The highest BCUT2D eigenvalue weighted by molar-refractivity contribution is 5.15. The summed E-state index contributed by atoms with van der Waals surface area (Å²) >= 11 is 0. The first-order valence-corrected chi connectivity index (χ1v) is 7.96. The van der Waals surface area contributed by atoms with E-state index in [1.165, 1.54) is 0 Å². The second-order valence-corrected chi connectivity index (χ2v) is 6.68. The predicted octanol–water partition coefficient (Wildman–Crippen LogP) is 3.60. The lowest BCUT2D eigenvalue weighted by atomic mass is 9.72. The Kier molecular flexibility index (Phi) is 4.21. The highest BCUT2D eigenvalue weighted by Gasteiger charge is 2.64. The Morgan fingerprint density at radius 3 is 2.09 bits per heavy atom. The number of piperidine rings is 1. The molecular weight excluding hydrogens is 291 g/mol. The average Bonchev–Trinajstić information content (AvgIpc) is 2.56. The van der Waals surface area contributed by atoms with E-state index in [0.29, 0.717) is 32.5 Å². The summed E-state index contributed by atoms with van der Waals surface area (Å²) in [4.78, 5) is 2.08. The molecule has 1 aliphatic heterocycles. The van der Waals surface area contributed by atoms with Crippen LogP contribution in [0.5, 0.6) is 0 Å². The van der Waals surface area contributed by atoms with E-state index in [0.717, 1.165) is 18.4 Å². The number of benzene rings is 1. The quantitative estimate of drug-likeness (QED) is 0.902. The number of hydrogen-bond donors (Lipinski definition) is 1. The van der Waals surface area contributed by atoms with Crippen molar-refractivity contribution in [2.45, 2.75) is 44.0 Å². The monoisotopic (exact) mass is 313 g/mol. The number of hydrogen-bond acceptors (Lipinski definition) is 2. The zero-order valence-electron chi connectivity index (χ0n) is 12.5. The van der Waals surface area contributed by atoms with E-state index in [9.17, 15) is 18.3 Å². The molecule has 1 saturated heterocycles. The fraction of sp³-hybridized carbons (Fsp3) is 0.647. The summed E-state index contributed by atoms with van der Waals surface area (Å²) in [7, 11) is 0. The molecule has 0 amide bonds. The second kappa shape index (κ2) is 5.85. The SMILES string of the molecule is OC1(C(F)(F)F)[C@@H]2CCCC[C@H]1CN(Cc1ccccc1)C2. The Morgan fingerprint density at radius 2 is 1.59 bits per heavy atom. The molecule has 1 aliphatic carbocycles. The lowest BCUT2D eigenvalue weighted by molar-refractivity contribution is -0.311. The van der Waals surface area contributed by atoms with Crippen molar-refractivity contribution in [3.63, 3.8) is 0 Å². The maximum absolute atomic E-state index is 13.5. The summed E-state index contributed by atoms with van der Waals surface area (Å²) in [6.07, 6.45) is -2.07. The van der Waals surface area contributed by atoms with Crippen LogP contribution in [0, 0.1) is 11.8 Å². The summed E-state index contributed by atoms with van der Waals surface area (Å²) < 4.78 is 40.5. The van der Waals surface area contributed by atoms with Gasteiger partial charge in [-0.2, -0.15) is 13.2 Å². The molecule has 3 rings (SSSR count). The minimum atomic E-state index is -4.54. The van der Waals surface area contributed by atoms with Crippen molar-refractivity contribution in [3.05, 3.63) is 35.9 Å². The molecule has 1 saturated carbocycles. The molecule has 22 heavy (non-hydrogen) atoms. The van der Waals surface area contributed by atoms with Gasteiger partial charge in [0.1, 0.15) is 0 Å². The molecule has 2 nitrogen and oxygen atoms in total. The topological polar surface area (TPSA) is 23.5 Å². The van der Waals surface area contributed by atoms with Gasteiger partial charge in [-0.3, -0.25) is 4.90 Å². The van der Waals surface area contributed by atoms with Crippen LogP contribution < -0.4 is 0 Å². The van der Waals surface area contributed by atoms with Crippen LogP contribution in [0.25, 0.3) is 0 Å². The van der Waals surface area contributed by atoms with Gasteiger partial charge in [-0.25, -0.2) is 0 Å². The molecule has 1 heterocycles. The molecule has 2 aliphatic rings. The van der Waals surface area contributed by atoms with E-state index in [1.807, 2.05) is 30.3 Å². The lowest BCUT2D eigenvalue weighted by Gasteiger charge is -2.49. The van der Waals surface area contributed by atoms with Crippen molar-refractivity contribution in [2.75, 3.05) is 13.1 Å². The van der Waals surface area contributed by atoms with Gasteiger partial charge in [-0.15, -0.1) is 0 Å². The average molecular weight is 313 g/mol. The van der Waals surface area contributed by atoms with Crippen LogP contribution in [0.1, 0.15) is 31.2 Å². The van der Waals surface area contributed by atoms with Gasteiger partial charge in [0.2, 0.25) is 0 Å².